The summed E-state index contributed by atoms with van der Waals surface area (Å²) in [5.74, 6) is 1.29. The molecule has 0 atom stereocenters. The summed E-state index contributed by atoms with van der Waals surface area (Å²) < 4.78 is 10.6. The van der Waals surface area contributed by atoms with Crippen LogP contribution in [-0.2, 0) is 11.2 Å². The Morgan fingerprint density at radius 1 is 1.28 bits per heavy atom. The first-order chi connectivity index (χ1) is 8.81. The van der Waals surface area contributed by atoms with Gasteiger partial charge in [0.15, 0.2) is 5.75 Å². The van der Waals surface area contributed by atoms with Gasteiger partial charge in [0.05, 0.1) is 5.92 Å². The van der Waals surface area contributed by atoms with Gasteiger partial charge in [-0.15, -0.1) is 0 Å². The minimum absolute atomic E-state index is 0.109. The quantitative estimate of drug-likeness (QED) is 0.773. The van der Waals surface area contributed by atoms with E-state index < -0.39 is 0 Å². The van der Waals surface area contributed by atoms with Crippen LogP contribution in [-0.4, -0.2) is 5.97 Å². The highest BCUT2D eigenvalue weighted by Gasteiger charge is 2.31. The van der Waals surface area contributed by atoms with E-state index in [1.165, 1.54) is 11.8 Å². The lowest BCUT2D eigenvalue weighted by molar-refractivity contribution is -0.135. The van der Waals surface area contributed by atoms with Gasteiger partial charge < -0.3 is 9.15 Å². The van der Waals surface area contributed by atoms with Gasteiger partial charge in [-0.3, -0.25) is 4.79 Å². The number of carbonyl (C=O) groups excluding carboxylic acids is 1. The Morgan fingerprint density at radius 2 is 2.06 bits per heavy atom. The summed E-state index contributed by atoms with van der Waals surface area (Å²) in [4.78, 5) is 11.5. The topological polar surface area (TPSA) is 39.4 Å². The van der Waals surface area contributed by atoms with Crippen LogP contribution in [0.15, 0.2) is 47.1 Å². The summed E-state index contributed by atoms with van der Waals surface area (Å²) in [6.45, 7) is 0. The molecule has 3 heteroatoms. The fraction of sp³-hybridized carbons (Fsp3) is 0.267. The maximum absolute atomic E-state index is 11.5. The Labute approximate surface area is 105 Å². The minimum Gasteiger partial charge on any atom is -0.465 e. The Morgan fingerprint density at radius 3 is 2.78 bits per heavy atom. The summed E-state index contributed by atoms with van der Waals surface area (Å²) >= 11 is 0. The monoisotopic (exact) mass is 242 g/mol. The van der Waals surface area contributed by atoms with Crippen molar-refractivity contribution < 1.29 is 13.9 Å². The van der Waals surface area contributed by atoms with Gasteiger partial charge in [0.1, 0.15) is 12.0 Å². The highest BCUT2D eigenvalue weighted by Crippen LogP contribution is 2.31. The van der Waals surface area contributed by atoms with Crippen molar-refractivity contribution in [3.63, 3.8) is 0 Å². The highest BCUT2D eigenvalue weighted by molar-refractivity contribution is 5.77. The molecular weight excluding hydrogens is 228 g/mol. The maximum Gasteiger partial charge on any atom is 0.314 e. The molecule has 0 unspecified atom stereocenters. The molecule has 1 aromatic carbocycles. The van der Waals surface area contributed by atoms with Crippen LogP contribution in [0.1, 0.15) is 24.2 Å². The lowest BCUT2D eigenvalue weighted by Crippen LogP contribution is -2.08. The molecule has 0 N–H and O–H groups in total. The Bertz CT molecular complexity index is 538. The third-order valence-corrected chi connectivity index (χ3v) is 2.98. The summed E-state index contributed by atoms with van der Waals surface area (Å²) in [5.41, 5.74) is 1.17. The number of esters is 1. The van der Waals surface area contributed by atoms with E-state index in [1.54, 1.807) is 6.07 Å². The van der Waals surface area contributed by atoms with Crippen molar-refractivity contribution in [2.45, 2.75) is 19.3 Å². The van der Waals surface area contributed by atoms with Gasteiger partial charge in [0.2, 0.25) is 0 Å². The number of benzene rings is 1. The van der Waals surface area contributed by atoms with Crippen LogP contribution in [0.2, 0.25) is 0 Å². The third kappa shape index (κ3) is 2.62. The number of hydrogen-bond acceptors (Lipinski definition) is 3. The number of carbonyl (C=O) groups is 1. The molecule has 3 nitrogen and oxygen atoms in total. The predicted octanol–water partition coefficient (Wildman–Crippen LogP) is 3.19. The molecule has 0 amide bonds. The average Bonchev–Trinajstić information content (AvgIpc) is 3.15. The van der Waals surface area contributed by atoms with Crippen molar-refractivity contribution in [1.29, 1.82) is 0 Å². The van der Waals surface area contributed by atoms with Crippen molar-refractivity contribution in [2.24, 2.45) is 5.92 Å². The molecule has 0 aliphatic heterocycles. The Kier molecular flexibility index (Phi) is 2.89. The van der Waals surface area contributed by atoms with Gasteiger partial charge in [-0.2, -0.15) is 0 Å². The molecule has 1 aliphatic carbocycles. The smallest absolute Gasteiger partial charge is 0.314 e. The van der Waals surface area contributed by atoms with Gasteiger partial charge in [-0.25, -0.2) is 0 Å². The van der Waals surface area contributed by atoms with Crippen molar-refractivity contribution in [3.8, 4) is 5.75 Å². The Hall–Kier alpha value is -2.03. The van der Waals surface area contributed by atoms with E-state index in [1.807, 2.05) is 30.3 Å². The molecule has 92 valence electrons. The lowest BCUT2D eigenvalue weighted by Gasteiger charge is -1.97. The molecule has 3 rings (SSSR count). The van der Waals surface area contributed by atoms with E-state index in [0.717, 1.165) is 18.6 Å². The number of ether oxygens (including phenoxy) is 1. The molecule has 1 aromatic heterocycles. The molecule has 2 aromatic rings. The van der Waals surface area contributed by atoms with E-state index in [0.29, 0.717) is 12.2 Å². The zero-order valence-corrected chi connectivity index (χ0v) is 9.96. The lowest BCUT2D eigenvalue weighted by atomic mass is 10.1. The summed E-state index contributed by atoms with van der Waals surface area (Å²) in [6, 6.07) is 11.8. The van der Waals surface area contributed by atoms with Crippen LogP contribution in [0.3, 0.4) is 0 Å². The number of rotatable bonds is 4. The van der Waals surface area contributed by atoms with Crippen molar-refractivity contribution in [1.82, 2.24) is 0 Å². The second-order valence-electron chi connectivity index (χ2n) is 4.61. The molecule has 0 bridgehead atoms. The van der Waals surface area contributed by atoms with Crippen LogP contribution < -0.4 is 4.74 Å². The normalized spacial score (nSPS) is 14.4. The van der Waals surface area contributed by atoms with Crippen molar-refractivity contribution in [2.75, 3.05) is 0 Å². The van der Waals surface area contributed by atoms with E-state index in [-0.39, 0.29) is 11.9 Å². The summed E-state index contributed by atoms with van der Waals surface area (Å²) in [6.07, 6.45) is 4.11. The summed E-state index contributed by atoms with van der Waals surface area (Å²) in [5, 5.41) is 0. The number of hydrogen-bond donors (Lipinski definition) is 0. The van der Waals surface area contributed by atoms with Crippen LogP contribution >= 0.6 is 0 Å². The van der Waals surface area contributed by atoms with Crippen LogP contribution in [0, 0.1) is 5.92 Å². The molecule has 0 saturated heterocycles. The predicted molar refractivity (Wildman–Crippen MR) is 66.3 cm³/mol. The van der Waals surface area contributed by atoms with Gasteiger partial charge in [-0.05, 0) is 18.4 Å². The molecule has 1 saturated carbocycles. The van der Waals surface area contributed by atoms with Gasteiger partial charge in [0.25, 0.3) is 0 Å². The van der Waals surface area contributed by atoms with Gasteiger partial charge >= 0.3 is 5.97 Å². The molecule has 0 spiro atoms. The second-order valence-corrected chi connectivity index (χ2v) is 4.61. The van der Waals surface area contributed by atoms with Crippen molar-refractivity contribution in [3.05, 3.63) is 54.0 Å². The maximum atomic E-state index is 11.5. The van der Waals surface area contributed by atoms with E-state index in [2.05, 4.69) is 0 Å². The molecule has 0 radical (unpaired) electrons. The minimum atomic E-state index is -0.137. The fourth-order valence-electron chi connectivity index (χ4n) is 1.82. The molecular formula is C15H14O3. The zero-order chi connectivity index (χ0) is 12.4. The first-order valence-corrected chi connectivity index (χ1v) is 6.14. The molecule has 18 heavy (non-hydrogen) atoms. The molecule has 1 aliphatic rings. The van der Waals surface area contributed by atoms with Crippen molar-refractivity contribution >= 4 is 5.97 Å². The third-order valence-electron chi connectivity index (χ3n) is 2.98. The first-order valence-electron chi connectivity index (χ1n) is 6.14. The SMILES string of the molecule is O=C(Oc1coc(Cc2ccccc2)c1)C1CC1. The number of furan rings is 1. The largest absolute Gasteiger partial charge is 0.465 e. The second kappa shape index (κ2) is 4.69. The fourth-order valence-corrected chi connectivity index (χ4v) is 1.82. The van der Waals surface area contributed by atoms with Gasteiger partial charge in [-0.1, -0.05) is 30.3 Å². The van der Waals surface area contributed by atoms with Crippen LogP contribution in [0.4, 0.5) is 0 Å². The van der Waals surface area contributed by atoms with Gasteiger partial charge in [0, 0.05) is 12.5 Å². The van der Waals surface area contributed by atoms with Crippen LogP contribution in [0.5, 0.6) is 5.75 Å². The average molecular weight is 242 g/mol. The van der Waals surface area contributed by atoms with E-state index in [4.69, 9.17) is 9.15 Å². The summed E-state index contributed by atoms with van der Waals surface area (Å²) in [7, 11) is 0. The molecule has 1 fully saturated rings. The molecule has 1 heterocycles. The van der Waals surface area contributed by atoms with Crippen LogP contribution in [0.25, 0.3) is 0 Å². The van der Waals surface area contributed by atoms with E-state index in [9.17, 15) is 4.79 Å². The highest BCUT2D eigenvalue weighted by atomic mass is 16.5. The van der Waals surface area contributed by atoms with E-state index >= 15 is 0 Å². The zero-order valence-electron chi connectivity index (χ0n) is 9.96. The Balaban J connectivity index is 1.64. The first kappa shape index (κ1) is 11.1. The standard InChI is InChI=1S/C15H14O3/c16-15(12-6-7-12)18-14-9-13(17-10-14)8-11-4-2-1-3-5-11/h1-5,9-10,12H,6-8H2.